The van der Waals surface area contributed by atoms with Crippen LogP contribution < -0.4 is 5.32 Å². The molecule has 1 heterocycles. The standard InChI is InChI=1S/C17H18FNO2S/c1-12(11-21-2)19-17(20)10-8-15-7-9-16(22-15)13-3-5-14(18)6-4-13/h3-10,12H,11H2,1-2H3,(H,19,20). The highest BCUT2D eigenvalue weighted by molar-refractivity contribution is 7.16. The number of carbonyl (C=O) groups is 1. The van der Waals surface area contributed by atoms with Crippen molar-refractivity contribution in [2.75, 3.05) is 13.7 Å². The fourth-order valence-corrected chi connectivity index (χ4v) is 2.87. The lowest BCUT2D eigenvalue weighted by Gasteiger charge is -2.10. The molecule has 0 saturated carbocycles. The van der Waals surface area contributed by atoms with Crippen LogP contribution in [0.5, 0.6) is 0 Å². The third-order valence-corrected chi connectivity index (χ3v) is 4.06. The van der Waals surface area contributed by atoms with Gasteiger partial charge < -0.3 is 10.1 Å². The Hall–Kier alpha value is -1.98. The maximum absolute atomic E-state index is 12.9. The highest BCUT2D eigenvalue weighted by atomic mass is 32.1. The number of amides is 1. The van der Waals surface area contributed by atoms with E-state index in [0.29, 0.717) is 6.61 Å². The topological polar surface area (TPSA) is 38.3 Å². The van der Waals surface area contributed by atoms with Crippen molar-refractivity contribution < 1.29 is 13.9 Å². The van der Waals surface area contributed by atoms with Gasteiger partial charge in [-0.25, -0.2) is 4.39 Å². The molecule has 22 heavy (non-hydrogen) atoms. The first kappa shape index (κ1) is 16.4. The molecule has 5 heteroatoms. The molecule has 0 saturated heterocycles. The first-order chi connectivity index (χ1) is 10.6. The SMILES string of the molecule is COCC(C)NC(=O)C=Cc1ccc(-c2ccc(F)cc2)s1. The molecular weight excluding hydrogens is 301 g/mol. The molecule has 2 rings (SSSR count). The van der Waals surface area contributed by atoms with E-state index >= 15 is 0 Å². The second-order valence-corrected chi connectivity index (χ2v) is 6.02. The van der Waals surface area contributed by atoms with Crippen molar-refractivity contribution in [2.45, 2.75) is 13.0 Å². The molecule has 0 aliphatic heterocycles. The van der Waals surface area contributed by atoms with Crippen LogP contribution in [0.2, 0.25) is 0 Å². The fraction of sp³-hybridized carbons (Fsp3) is 0.235. The lowest BCUT2D eigenvalue weighted by atomic mass is 10.2. The quantitative estimate of drug-likeness (QED) is 0.824. The van der Waals surface area contributed by atoms with E-state index in [1.54, 1.807) is 36.7 Å². The summed E-state index contributed by atoms with van der Waals surface area (Å²) in [4.78, 5) is 13.7. The number of rotatable bonds is 6. The van der Waals surface area contributed by atoms with Crippen molar-refractivity contribution in [1.82, 2.24) is 5.32 Å². The maximum Gasteiger partial charge on any atom is 0.244 e. The van der Waals surface area contributed by atoms with Crippen molar-refractivity contribution in [2.24, 2.45) is 0 Å². The predicted molar refractivity (Wildman–Crippen MR) is 88.2 cm³/mol. The third-order valence-electron chi connectivity index (χ3n) is 2.96. The van der Waals surface area contributed by atoms with E-state index in [1.165, 1.54) is 18.2 Å². The van der Waals surface area contributed by atoms with Crippen LogP contribution in [0.4, 0.5) is 4.39 Å². The number of ether oxygens (including phenoxy) is 1. The minimum atomic E-state index is -0.248. The minimum Gasteiger partial charge on any atom is -0.383 e. The Balaban J connectivity index is 1.98. The Morgan fingerprint density at radius 3 is 2.73 bits per heavy atom. The predicted octanol–water partition coefficient (Wildman–Crippen LogP) is 3.72. The molecular formula is C17H18FNO2S. The largest absolute Gasteiger partial charge is 0.383 e. The number of carbonyl (C=O) groups excluding carboxylic acids is 1. The number of thiophene rings is 1. The fourth-order valence-electron chi connectivity index (χ4n) is 1.95. The first-order valence-electron chi connectivity index (χ1n) is 6.92. The molecule has 1 atom stereocenters. The smallest absolute Gasteiger partial charge is 0.244 e. The van der Waals surface area contributed by atoms with Gasteiger partial charge in [0.25, 0.3) is 0 Å². The highest BCUT2D eigenvalue weighted by Gasteiger charge is 2.05. The Morgan fingerprint density at radius 2 is 2.05 bits per heavy atom. The van der Waals surface area contributed by atoms with Crippen LogP contribution >= 0.6 is 11.3 Å². The summed E-state index contributed by atoms with van der Waals surface area (Å²) in [7, 11) is 1.60. The average Bonchev–Trinajstić information content (AvgIpc) is 2.95. The Bertz CT molecular complexity index is 649. The molecule has 0 fully saturated rings. The number of hydrogen-bond donors (Lipinski definition) is 1. The van der Waals surface area contributed by atoms with Gasteiger partial charge in [-0.05, 0) is 42.8 Å². The summed E-state index contributed by atoms with van der Waals surface area (Å²) in [5.41, 5.74) is 0.962. The monoisotopic (exact) mass is 319 g/mol. The van der Waals surface area contributed by atoms with Gasteiger partial charge in [0.15, 0.2) is 0 Å². The summed E-state index contributed by atoms with van der Waals surface area (Å²) in [5, 5.41) is 2.81. The molecule has 1 aromatic carbocycles. The summed E-state index contributed by atoms with van der Waals surface area (Å²) in [5.74, 6) is -0.399. The average molecular weight is 319 g/mol. The van der Waals surface area contributed by atoms with E-state index in [1.807, 2.05) is 19.1 Å². The van der Waals surface area contributed by atoms with Crippen LogP contribution in [-0.2, 0) is 9.53 Å². The zero-order valence-electron chi connectivity index (χ0n) is 12.5. The van der Waals surface area contributed by atoms with Crippen LogP contribution in [0, 0.1) is 5.82 Å². The lowest BCUT2D eigenvalue weighted by molar-refractivity contribution is -0.117. The zero-order valence-corrected chi connectivity index (χ0v) is 13.3. The maximum atomic E-state index is 12.9. The van der Waals surface area contributed by atoms with Crippen molar-refractivity contribution in [1.29, 1.82) is 0 Å². The van der Waals surface area contributed by atoms with Crippen LogP contribution in [0.3, 0.4) is 0 Å². The van der Waals surface area contributed by atoms with Crippen molar-refractivity contribution in [3.8, 4) is 10.4 Å². The minimum absolute atomic E-state index is 0.0275. The summed E-state index contributed by atoms with van der Waals surface area (Å²) in [6, 6.07) is 10.2. The third kappa shape index (κ3) is 4.79. The second kappa shape index (κ2) is 7.87. The van der Waals surface area contributed by atoms with E-state index in [0.717, 1.165) is 15.3 Å². The Morgan fingerprint density at radius 1 is 1.32 bits per heavy atom. The summed E-state index contributed by atoms with van der Waals surface area (Å²) < 4.78 is 17.9. The molecule has 1 N–H and O–H groups in total. The van der Waals surface area contributed by atoms with E-state index in [2.05, 4.69) is 5.32 Å². The molecule has 1 aromatic heterocycles. The number of nitrogens with one attached hydrogen (secondary N) is 1. The number of hydrogen-bond acceptors (Lipinski definition) is 3. The molecule has 1 amide bonds. The molecule has 0 aliphatic rings. The van der Waals surface area contributed by atoms with Crippen molar-refractivity contribution in [3.05, 3.63) is 53.2 Å². The number of halogens is 1. The van der Waals surface area contributed by atoms with Gasteiger partial charge in [0, 0.05) is 29.0 Å². The van der Waals surface area contributed by atoms with Gasteiger partial charge in [0.1, 0.15) is 5.82 Å². The molecule has 0 radical (unpaired) electrons. The Kier molecular flexibility index (Phi) is 5.86. The van der Waals surface area contributed by atoms with Gasteiger partial charge in [0.05, 0.1) is 6.61 Å². The summed E-state index contributed by atoms with van der Waals surface area (Å²) in [6.07, 6.45) is 3.28. The van der Waals surface area contributed by atoms with Gasteiger partial charge >= 0.3 is 0 Å². The number of methoxy groups -OCH3 is 1. The molecule has 2 aromatic rings. The Labute approximate surface area is 133 Å². The normalized spacial score (nSPS) is 12.5. The van der Waals surface area contributed by atoms with Crippen LogP contribution in [0.15, 0.2) is 42.5 Å². The molecule has 0 bridgehead atoms. The van der Waals surface area contributed by atoms with Crippen molar-refractivity contribution >= 4 is 23.3 Å². The van der Waals surface area contributed by atoms with E-state index < -0.39 is 0 Å². The van der Waals surface area contributed by atoms with Gasteiger partial charge in [-0.2, -0.15) is 0 Å². The molecule has 1 unspecified atom stereocenters. The molecule has 0 aliphatic carbocycles. The summed E-state index contributed by atoms with van der Waals surface area (Å²) >= 11 is 1.55. The summed E-state index contributed by atoms with van der Waals surface area (Å²) in [6.45, 7) is 2.36. The van der Waals surface area contributed by atoms with Crippen molar-refractivity contribution in [3.63, 3.8) is 0 Å². The van der Waals surface area contributed by atoms with Gasteiger partial charge in [-0.3, -0.25) is 4.79 Å². The van der Waals surface area contributed by atoms with Gasteiger partial charge in [-0.1, -0.05) is 12.1 Å². The van der Waals surface area contributed by atoms with E-state index in [-0.39, 0.29) is 17.8 Å². The second-order valence-electron chi connectivity index (χ2n) is 4.91. The first-order valence-corrected chi connectivity index (χ1v) is 7.73. The molecule has 0 spiro atoms. The van der Waals surface area contributed by atoms with Gasteiger partial charge in [-0.15, -0.1) is 11.3 Å². The molecule has 3 nitrogen and oxygen atoms in total. The molecule has 116 valence electrons. The van der Waals surface area contributed by atoms with Crippen LogP contribution in [-0.4, -0.2) is 25.7 Å². The lowest BCUT2D eigenvalue weighted by Crippen LogP contribution is -2.34. The van der Waals surface area contributed by atoms with E-state index in [9.17, 15) is 9.18 Å². The highest BCUT2D eigenvalue weighted by Crippen LogP contribution is 2.28. The van der Waals surface area contributed by atoms with Crippen LogP contribution in [0.1, 0.15) is 11.8 Å². The zero-order chi connectivity index (χ0) is 15.9. The number of benzene rings is 1. The van der Waals surface area contributed by atoms with Crippen LogP contribution in [0.25, 0.3) is 16.5 Å². The van der Waals surface area contributed by atoms with Gasteiger partial charge in [0.2, 0.25) is 5.91 Å². The van der Waals surface area contributed by atoms with E-state index in [4.69, 9.17) is 4.74 Å².